The average molecular weight is 247 g/mol. The van der Waals surface area contributed by atoms with E-state index in [-0.39, 0.29) is 0 Å². The Balaban J connectivity index is 2.12. The summed E-state index contributed by atoms with van der Waals surface area (Å²) < 4.78 is 0. The van der Waals surface area contributed by atoms with Crippen LogP contribution in [0.1, 0.15) is 62.5 Å². The molecule has 0 amide bonds. The van der Waals surface area contributed by atoms with Gasteiger partial charge >= 0.3 is 0 Å². The fourth-order valence-corrected chi connectivity index (χ4v) is 2.69. The van der Waals surface area contributed by atoms with Crippen LogP contribution in [0.4, 0.5) is 0 Å². The van der Waals surface area contributed by atoms with Crippen LogP contribution in [0.5, 0.6) is 0 Å². The molecule has 0 radical (unpaired) electrons. The van der Waals surface area contributed by atoms with Crippen molar-refractivity contribution >= 4 is 0 Å². The van der Waals surface area contributed by atoms with Crippen LogP contribution >= 0.6 is 0 Å². The Morgan fingerprint density at radius 2 is 2.00 bits per heavy atom. The summed E-state index contributed by atoms with van der Waals surface area (Å²) in [5, 5.41) is 3.18. The lowest BCUT2D eigenvalue weighted by Crippen LogP contribution is -2.22. The average Bonchev–Trinajstić information content (AvgIpc) is 2.32. The number of nitrogens with zero attached hydrogens (tertiary/aromatic N) is 2. The van der Waals surface area contributed by atoms with E-state index in [2.05, 4.69) is 31.1 Å². The van der Waals surface area contributed by atoms with E-state index in [0.29, 0.717) is 11.3 Å². The molecule has 0 bridgehead atoms. The van der Waals surface area contributed by atoms with E-state index in [0.717, 1.165) is 18.1 Å². The number of aryl methyl sites for hydroxylation is 1. The number of aromatic nitrogens is 2. The molecule has 1 N–H and O–H groups in total. The lowest BCUT2D eigenvalue weighted by atomic mass is 9.73. The van der Waals surface area contributed by atoms with Crippen LogP contribution in [-0.4, -0.2) is 17.0 Å². The summed E-state index contributed by atoms with van der Waals surface area (Å²) in [7, 11) is 1.96. The van der Waals surface area contributed by atoms with Crippen molar-refractivity contribution in [3.63, 3.8) is 0 Å². The maximum Gasteiger partial charge on any atom is 0.131 e. The van der Waals surface area contributed by atoms with Crippen LogP contribution < -0.4 is 5.32 Å². The van der Waals surface area contributed by atoms with Gasteiger partial charge in [0, 0.05) is 18.7 Å². The van der Waals surface area contributed by atoms with Crippen molar-refractivity contribution < 1.29 is 0 Å². The largest absolute Gasteiger partial charge is 0.314 e. The van der Waals surface area contributed by atoms with Crippen LogP contribution in [0, 0.1) is 12.3 Å². The first-order valence-electron chi connectivity index (χ1n) is 6.99. The molecule has 1 heterocycles. The Hall–Kier alpha value is -0.960. The molecule has 1 fully saturated rings. The lowest BCUT2D eigenvalue weighted by molar-refractivity contribution is 0.220. The van der Waals surface area contributed by atoms with Gasteiger partial charge in [0.25, 0.3) is 0 Å². The molecule has 1 aromatic rings. The first kappa shape index (κ1) is 13.5. The van der Waals surface area contributed by atoms with Crippen molar-refractivity contribution in [3.05, 3.63) is 23.3 Å². The van der Waals surface area contributed by atoms with E-state index in [4.69, 9.17) is 4.98 Å². The van der Waals surface area contributed by atoms with Crippen molar-refractivity contribution in [2.45, 2.75) is 58.9 Å². The van der Waals surface area contributed by atoms with Crippen LogP contribution in [0.25, 0.3) is 0 Å². The molecule has 0 spiro atoms. The minimum Gasteiger partial charge on any atom is -0.314 e. The molecule has 0 atom stereocenters. The predicted octanol–water partition coefficient (Wildman–Crippen LogP) is 3.19. The summed E-state index contributed by atoms with van der Waals surface area (Å²) in [4.78, 5) is 9.31. The van der Waals surface area contributed by atoms with Crippen molar-refractivity contribution in [3.8, 4) is 0 Å². The van der Waals surface area contributed by atoms with Crippen LogP contribution in [-0.2, 0) is 6.54 Å². The Morgan fingerprint density at radius 3 is 2.61 bits per heavy atom. The minimum atomic E-state index is 0.509. The van der Waals surface area contributed by atoms with Crippen molar-refractivity contribution in [1.82, 2.24) is 15.3 Å². The van der Waals surface area contributed by atoms with Crippen LogP contribution in [0.2, 0.25) is 0 Å². The topological polar surface area (TPSA) is 37.8 Å². The molecule has 0 unspecified atom stereocenters. The molecule has 100 valence electrons. The molecule has 1 aliphatic carbocycles. The fourth-order valence-electron chi connectivity index (χ4n) is 2.69. The van der Waals surface area contributed by atoms with Gasteiger partial charge in [0.15, 0.2) is 0 Å². The predicted molar refractivity (Wildman–Crippen MR) is 74.5 cm³/mol. The standard InChI is InChI=1S/C15H25N3/c1-11-9-17-14(18-13(11)10-16-4)12-5-7-15(2,3)8-6-12/h9,12,16H,5-8,10H2,1-4H3. The zero-order valence-electron chi connectivity index (χ0n) is 12.1. The number of rotatable bonds is 3. The highest BCUT2D eigenvalue weighted by atomic mass is 14.9. The van der Waals surface area contributed by atoms with Gasteiger partial charge in [0.05, 0.1) is 5.69 Å². The second kappa shape index (κ2) is 5.35. The summed E-state index contributed by atoms with van der Waals surface area (Å²) in [6, 6.07) is 0. The monoisotopic (exact) mass is 247 g/mol. The second-order valence-electron chi connectivity index (χ2n) is 6.33. The van der Waals surface area contributed by atoms with Gasteiger partial charge < -0.3 is 5.32 Å². The Labute approximate surface area is 110 Å². The summed E-state index contributed by atoms with van der Waals surface area (Å²) in [6.45, 7) is 7.65. The van der Waals surface area contributed by atoms with Gasteiger partial charge in [-0.25, -0.2) is 9.97 Å². The summed E-state index contributed by atoms with van der Waals surface area (Å²) in [6.07, 6.45) is 7.02. The molecule has 0 aromatic carbocycles. The van der Waals surface area contributed by atoms with E-state index >= 15 is 0 Å². The molecule has 2 rings (SSSR count). The highest BCUT2D eigenvalue weighted by Gasteiger charge is 2.29. The van der Waals surface area contributed by atoms with Crippen molar-refractivity contribution in [2.75, 3.05) is 7.05 Å². The minimum absolute atomic E-state index is 0.509. The smallest absolute Gasteiger partial charge is 0.131 e. The zero-order valence-corrected chi connectivity index (χ0v) is 12.1. The Bertz CT molecular complexity index is 402. The van der Waals surface area contributed by atoms with Gasteiger partial charge in [0.2, 0.25) is 0 Å². The maximum absolute atomic E-state index is 4.76. The molecule has 1 saturated carbocycles. The second-order valence-corrected chi connectivity index (χ2v) is 6.33. The molecule has 1 aliphatic rings. The highest BCUT2D eigenvalue weighted by molar-refractivity contribution is 5.17. The summed E-state index contributed by atoms with van der Waals surface area (Å²) in [5.74, 6) is 1.62. The normalized spacial score (nSPS) is 20.0. The van der Waals surface area contributed by atoms with Gasteiger partial charge in [-0.1, -0.05) is 13.8 Å². The first-order valence-corrected chi connectivity index (χ1v) is 6.99. The Kier molecular flexibility index (Phi) is 4.00. The third-order valence-corrected chi connectivity index (χ3v) is 4.14. The SMILES string of the molecule is CNCc1nc(C2CCC(C)(C)CC2)ncc1C. The lowest BCUT2D eigenvalue weighted by Gasteiger charge is -2.33. The van der Waals surface area contributed by atoms with Crippen molar-refractivity contribution in [1.29, 1.82) is 0 Å². The van der Waals surface area contributed by atoms with E-state index in [1.54, 1.807) is 0 Å². The molecule has 18 heavy (non-hydrogen) atoms. The Morgan fingerprint density at radius 1 is 1.33 bits per heavy atom. The molecular formula is C15H25N3. The van der Waals surface area contributed by atoms with Gasteiger partial charge in [0.1, 0.15) is 5.82 Å². The van der Waals surface area contributed by atoms with E-state index in [1.165, 1.54) is 31.2 Å². The maximum atomic E-state index is 4.76. The van der Waals surface area contributed by atoms with E-state index in [9.17, 15) is 0 Å². The third kappa shape index (κ3) is 3.08. The molecule has 3 heteroatoms. The number of hydrogen-bond donors (Lipinski definition) is 1. The van der Waals surface area contributed by atoms with Crippen molar-refractivity contribution in [2.24, 2.45) is 5.41 Å². The molecule has 1 aromatic heterocycles. The van der Waals surface area contributed by atoms with Crippen LogP contribution in [0.15, 0.2) is 6.20 Å². The number of hydrogen-bond acceptors (Lipinski definition) is 3. The third-order valence-electron chi connectivity index (χ3n) is 4.14. The zero-order chi connectivity index (χ0) is 13.2. The van der Waals surface area contributed by atoms with Gasteiger partial charge in [-0.15, -0.1) is 0 Å². The summed E-state index contributed by atoms with van der Waals surface area (Å²) >= 11 is 0. The molecule has 0 aliphatic heterocycles. The number of nitrogens with one attached hydrogen (secondary N) is 1. The van der Waals surface area contributed by atoms with Gasteiger partial charge in [-0.3, -0.25) is 0 Å². The fraction of sp³-hybridized carbons (Fsp3) is 0.733. The summed E-state index contributed by atoms with van der Waals surface area (Å²) in [5.41, 5.74) is 2.84. The molecular weight excluding hydrogens is 222 g/mol. The molecule has 0 saturated heterocycles. The van der Waals surface area contributed by atoms with E-state index in [1.807, 2.05) is 13.2 Å². The molecule has 3 nitrogen and oxygen atoms in total. The quantitative estimate of drug-likeness (QED) is 0.891. The van der Waals surface area contributed by atoms with Gasteiger partial charge in [-0.2, -0.15) is 0 Å². The first-order chi connectivity index (χ1) is 8.52. The van der Waals surface area contributed by atoms with E-state index < -0.39 is 0 Å². The van der Waals surface area contributed by atoms with Gasteiger partial charge in [-0.05, 0) is 50.6 Å². The van der Waals surface area contributed by atoms with Crippen LogP contribution in [0.3, 0.4) is 0 Å². The highest BCUT2D eigenvalue weighted by Crippen LogP contribution is 2.41.